The summed E-state index contributed by atoms with van der Waals surface area (Å²) in [5, 5.41) is 20.8. The van der Waals surface area contributed by atoms with Crippen molar-refractivity contribution in [2.24, 2.45) is 5.92 Å². The van der Waals surface area contributed by atoms with Gasteiger partial charge in [-0.3, -0.25) is 9.59 Å². The number of carbonyl (C=O) groups is 2. The zero-order valence-electron chi connectivity index (χ0n) is 13.8. The molecule has 1 aliphatic carbocycles. The Bertz CT molecular complexity index is 952. The van der Waals surface area contributed by atoms with Gasteiger partial charge in [-0.25, -0.2) is 0 Å². The highest BCUT2D eigenvalue weighted by molar-refractivity contribution is 6.27. The van der Waals surface area contributed by atoms with Gasteiger partial charge in [0.2, 0.25) is 0 Å². The summed E-state index contributed by atoms with van der Waals surface area (Å²) in [4.78, 5) is 26.1. The van der Waals surface area contributed by atoms with Crippen molar-refractivity contribution in [3.05, 3.63) is 95.1 Å². The molecule has 0 bridgehead atoms. The molecule has 0 fully saturated rings. The second-order valence-electron chi connectivity index (χ2n) is 6.35. The fourth-order valence-electron chi connectivity index (χ4n) is 3.72. The summed E-state index contributed by atoms with van der Waals surface area (Å²) in [6, 6.07) is 20.2. The Balaban J connectivity index is 1.94. The average Bonchev–Trinajstić information content (AvgIpc) is 2.91. The standard InChI is InChI=1S/C22H16O4/c23-16-11-6-12-17(24)19(16)18(13-7-2-1-3-8-13)20-21(25)14-9-4-5-10-15(14)22(20)26/h1-12,18,20,23-24H. The van der Waals surface area contributed by atoms with E-state index in [0.717, 1.165) is 0 Å². The van der Waals surface area contributed by atoms with Crippen molar-refractivity contribution in [3.8, 4) is 11.5 Å². The van der Waals surface area contributed by atoms with Crippen molar-refractivity contribution in [2.45, 2.75) is 5.92 Å². The molecule has 4 heteroatoms. The summed E-state index contributed by atoms with van der Waals surface area (Å²) in [6.07, 6.45) is 0. The number of fused-ring (bicyclic) bond motifs is 1. The number of hydrogen-bond acceptors (Lipinski definition) is 4. The largest absolute Gasteiger partial charge is 0.508 e. The van der Waals surface area contributed by atoms with E-state index in [1.165, 1.54) is 18.2 Å². The number of phenolic OH excluding ortho intramolecular Hbond substituents is 2. The van der Waals surface area contributed by atoms with Gasteiger partial charge in [-0.1, -0.05) is 60.7 Å². The SMILES string of the molecule is O=C1c2ccccc2C(=O)C1C(c1ccccc1)c1c(O)cccc1O. The molecule has 3 aromatic carbocycles. The maximum absolute atomic E-state index is 13.0. The van der Waals surface area contributed by atoms with E-state index in [1.807, 2.05) is 6.07 Å². The summed E-state index contributed by atoms with van der Waals surface area (Å²) >= 11 is 0. The third-order valence-corrected chi connectivity index (χ3v) is 4.89. The molecule has 4 nitrogen and oxygen atoms in total. The van der Waals surface area contributed by atoms with E-state index in [1.54, 1.807) is 48.5 Å². The first kappa shape index (κ1) is 16.1. The van der Waals surface area contributed by atoms with Crippen LogP contribution in [-0.2, 0) is 0 Å². The Morgan fingerprint density at radius 1 is 0.654 bits per heavy atom. The van der Waals surface area contributed by atoms with E-state index >= 15 is 0 Å². The summed E-state index contributed by atoms with van der Waals surface area (Å²) in [6.45, 7) is 0. The van der Waals surface area contributed by atoms with E-state index in [4.69, 9.17) is 0 Å². The summed E-state index contributed by atoms with van der Waals surface area (Å²) in [7, 11) is 0. The van der Waals surface area contributed by atoms with Crippen LogP contribution < -0.4 is 0 Å². The molecule has 0 spiro atoms. The highest BCUT2D eigenvalue weighted by Crippen LogP contribution is 2.46. The van der Waals surface area contributed by atoms with Crippen molar-refractivity contribution in [1.29, 1.82) is 0 Å². The highest BCUT2D eigenvalue weighted by Gasteiger charge is 2.45. The van der Waals surface area contributed by atoms with Gasteiger partial charge in [0, 0.05) is 22.6 Å². The van der Waals surface area contributed by atoms with Crippen LogP contribution in [0.3, 0.4) is 0 Å². The van der Waals surface area contributed by atoms with Gasteiger partial charge in [-0.15, -0.1) is 0 Å². The minimum atomic E-state index is -1.02. The molecule has 26 heavy (non-hydrogen) atoms. The number of hydrogen-bond donors (Lipinski definition) is 2. The molecule has 1 atom stereocenters. The Morgan fingerprint density at radius 2 is 1.15 bits per heavy atom. The van der Waals surface area contributed by atoms with Crippen LogP contribution in [0.4, 0.5) is 0 Å². The molecule has 4 rings (SSSR count). The van der Waals surface area contributed by atoms with Crippen LogP contribution >= 0.6 is 0 Å². The van der Waals surface area contributed by atoms with Gasteiger partial charge >= 0.3 is 0 Å². The minimum Gasteiger partial charge on any atom is -0.508 e. The van der Waals surface area contributed by atoms with Crippen molar-refractivity contribution < 1.29 is 19.8 Å². The molecule has 0 radical (unpaired) electrons. The van der Waals surface area contributed by atoms with Gasteiger partial charge in [-0.05, 0) is 17.7 Å². The first-order chi connectivity index (χ1) is 12.6. The predicted molar refractivity (Wildman–Crippen MR) is 96.6 cm³/mol. The van der Waals surface area contributed by atoms with Gasteiger partial charge in [-0.2, -0.15) is 0 Å². The number of benzene rings is 3. The highest BCUT2D eigenvalue weighted by atomic mass is 16.3. The number of ketones is 2. The molecule has 0 heterocycles. The van der Waals surface area contributed by atoms with Crippen LogP contribution in [-0.4, -0.2) is 21.8 Å². The third kappa shape index (κ3) is 2.39. The monoisotopic (exact) mass is 344 g/mol. The zero-order valence-corrected chi connectivity index (χ0v) is 13.8. The third-order valence-electron chi connectivity index (χ3n) is 4.89. The number of Topliss-reactive ketones (excluding diaryl/α,β-unsaturated/α-hetero) is 2. The smallest absolute Gasteiger partial charge is 0.175 e. The van der Waals surface area contributed by atoms with Gasteiger partial charge in [0.05, 0.1) is 5.92 Å². The van der Waals surface area contributed by atoms with E-state index < -0.39 is 11.8 Å². The second kappa shape index (κ2) is 6.15. The number of aromatic hydroxyl groups is 2. The van der Waals surface area contributed by atoms with E-state index in [-0.39, 0.29) is 28.6 Å². The molecular formula is C22H16O4. The summed E-state index contributed by atoms with van der Waals surface area (Å²) < 4.78 is 0. The molecule has 1 aliphatic rings. The van der Waals surface area contributed by atoms with E-state index in [9.17, 15) is 19.8 Å². The Morgan fingerprint density at radius 3 is 1.69 bits per heavy atom. The lowest BCUT2D eigenvalue weighted by Gasteiger charge is -2.24. The lowest BCUT2D eigenvalue weighted by atomic mass is 9.77. The van der Waals surface area contributed by atoms with Crippen LogP contribution in [0.15, 0.2) is 72.8 Å². The Hall–Kier alpha value is -3.40. The molecule has 0 aliphatic heterocycles. The summed E-state index contributed by atoms with van der Waals surface area (Å²) in [5.74, 6) is -2.66. The van der Waals surface area contributed by atoms with Gasteiger partial charge in [0.15, 0.2) is 11.6 Å². The van der Waals surface area contributed by atoms with E-state index in [0.29, 0.717) is 16.7 Å². The number of phenols is 2. The molecular weight excluding hydrogens is 328 g/mol. The van der Waals surface area contributed by atoms with Gasteiger partial charge < -0.3 is 10.2 Å². The minimum absolute atomic E-state index is 0.143. The first-order valence-corrected chi connectivity index (χ1v) is 8.33. The Kier molecular flexibility index (Phi) is 3.81. The molecule has 3 aromatic rings. The molecule has 0 amide bonds. The molecule has 0 saturated heterocycles. The number of rotatable bonds is 3. The zero-order chi connectivity index (χ0) is 18.3. The molecule has 128 valence electrons. The summed E-state index contributed by atoms with van der Waals surface area (Å²) in [5.41, 5.74) is 1.65. The van der Waals surface area contributed by atoms with Crippen molar-refractivity contribution in [1.82, 2.24) is 0 Å². The maximum Gasteiger partial charge on any atom is 0.175 e. The number of carbonyl (C=O) groups excluding carboxylic acids is 2. The van der Waals surface area contributed by atoms with Gasteiger partial charge in [0.25, 0.3) is 0 Å². The van der Waals surface area contributed by atoms with Crippen LogP contribution in [0.1, 0.15) is 37.8 Å². The van der Waals surface area contributed by atoms with E-state index in [2.05, 4.69) is 0 Å². The van der Waals surface area contributed by atoms with Crippen LogP contribution in [0, 0.1) is 5.92 Å². The van der Waals surface area contributed by atoms with Crippen molar-refractivity contribution in [2.75, 3.05) is 0 Å². The second-order valence-corrected chi connectivity index (χ2v) is 6.35. The maximum atomic E-state index is 13.0. The lowest BCUT2D eigenvalue weighted by Crippen LogP contribution is -2.25. The normalized spacial score (nSPS) is 15.1. The van der Waals surface area contributed by atoms with Crippen LogP contribution in [0.25, 0.3) is 0 Å². The topological polar surface area (TPSA) is 74.6 Å². The molecule has 0 saturated carbocycles. The lowest BCUT2D eigenvalue weighted by molar-refractivity contribution is 0.0824. The fraction of sp³-hybridized carbons (Fsp3) is 0.0909. The molecule has 2 N–H and O–H groups in total. The quantitative estimate of drug-likeness (QED) is 0.706. The van der Waals surface area contributed by atoms with Crippen LogP contribution in [0.5, 0.6) is 11.5 Å². The molecule has 1 unspecified atom stereocenters. The Labute approximate surface area is 150 Å². The average molecular weight is 344 g/mol. The molecule has 0 aromatic heterocycles. The van der Waals surface area contributed by atoms with Crippen LogP contribution in [0.2, 0.25) is 0 Å². The first-order valence-electron chi connectivity index (χ1n) is 8.33. The van der Waals surface area contributed by atoms with Crippen molar-refractivity contribution >= 4 is 11.6 Å². The van der Waals surface area contributed by atoms with Gasteiger partial charge in [0.1, 0.15) is 11.5 Å². The fourth-order valence-corrected chi connectivity index (χ4v) is 3.72. The van der Waals surface area contributed by atoms with Crippen molar-refractivity contribution in [3.63, 3.8) is 0 Å². The predicted octanol–water partition coefficient (Wildman–Crippen LogP) is 3.93.